The predicted molar refractivity (Wildman–Crippen MR) is 53.4 cm³/mol. The molecule has 5 heteroatoms. The summed E-state index contributed by atoms with van der Waals surface area (Å²) >= 11 is 0. The Hall–Kier alpha value is -1.10. The maximum absolute atomic E-state index is 11.7. The van der Waals surface area contributed by atoms with Crippen LogP contribution >= 0.6 is 0 Å². The molecule has 1 aliphatic rings. The molecule has 1 saturated heterocycles. The Balaban J connectivity index is 2.68. The highest BCUT2D eigenvalue weighted by atomic mass is 16.6. The van der Waals surface area contributed by atoms with Gasteiger partial charge in [0.25, 0.3) is 5.91 Å². The van der Waals surface area contributed by atoms with Crippen molar-refractivity contribution in [2.24, 2.45) is 0 Å². The highest BCUT2D eigenvalue weighted by molar-refractivity contribution is 5.93. The van der Waals surface area contributed by atoms with Crippen LogP contribution in [0.25, 0.3) is 0 Å². The van der Waals surface area contributed by atoms with Gasteiger partial charge in [0.2, 0.25) is 0 Å². The van der Waals surface area contributed by atoms with Crippen molar-refractivity contribution >= 4 is 12.0 Å². The molecule has 1 atom stereocenters. The first-order valence-electron chi connectivity index (χ1n) is 4.94. The van der Waals surface area contributed by atoms with E-state index in [0.717, 1.165) is 4.90 Å². The van der Waals surface area contributed by atoms with Gasteiger partial charge >= 0.3 is 6.09 Å². The van der Waals surface area contributed by atoms with Crippen LogP contribution in [0, 0.1) is 0 Å². The number of carbonyl (C=O) groups excluding carboxylic acids is 2. The molecule has 0 aromatic heterocycles. The normalized spacial score (nSPS) is 22.8. The Morgan fingerprint density at radius 2 is 2.13 bits per heavy atom. The number of nitrogens with zero attached hydrogens (tertiary/aromatic N) is 1. The van der Waals surface area contributed by atoms with Gasteiger partial charge in [0.05, 0.1) is 12.6 Å². The predicted octanol–water partition coefficient (Wildman–Crippen LogP) is 1.17. The van der Waals surface area contributed by atoms with E-state index in [9.17, 15) is 9.59 Å². The fraction of sp³-hybridized carbons (Fsp3) is 0.800. The first kappa shape index (κ1) is 12.0. The van der Waals surface area contributed by atoms with Crippen LogP contribution in [0.4, 0.5) is 4.79 Å². The Morgan fingerprint density at radius 3 is 2.60 bits per heavy atom. The molecule has 0 aromatic carbocycles. The van der Waals surface area contributed by atoms with Gasteiger partial charge < -0.3 is 9.47 Å². The van der Waals surface area contributed by atoms with Crippen molar-refractivity contribution in [1.82, 2.24) is 4.90 Å². The number of amides is 2. The van der Waals surface area contributed by atoms with Crippen LogP contribution in [0.1, 0.15) is 27.7 Å². The maximum Gasteiger partial charge on any atom is 0.417 e. The minimum absolute atomic E-state index is 0.0520. The van der Waals surface area contributed by atoms with Crippen LogP contribution in [-0.2, 0) is 14.3 Å². The molecule has 1 rings (SSSR count). The monoisotopic (exact) mass is 215 g/mol. The third-order valence-corrected chi connectivity index (χ3v) is 1.88. The fourth-order valence-electron chi connectivity index (χ4n) is 1.30. The van der Waals surface area contributed by atoms with Crippen LogP contribution in [0.15, 0.2) is 0 Å². The quantitative estimate of drug-likeness (QED) is 0.608. The lowest BCUT2D eigenvalue weighted by atomic mass is 10.2. The van der Waals surface area contributed by atoms with E-state index in [1.165, 1.54) is 0 Å². The van der Waals surface area contributed by atoms with Gasteiger partial charge in [-0.2, -0.15) is 0 Å². The maximum atomic E-state index is 11.7. The average molecular weight is 215 g/mol. The third kappa shape index (κ3) is 3.20. The zero-order chi connectivity index (χ0) is 11.6. The van der Waals surface area contributed by atoms with E-state index in [2.05, 4.69) is 0 Å². The van der Waals surface area contributed by atoms with E-state index in [1.54, 1.807) is 27.7 Å². The van der Waals surface area contributed by atoms with Gasteiger partial charge in [0, 0.05) is 0 Å². The van der Waals surface area contributed by atoms with E-state index in [0.29, 0.717) is 6.61 Å². The van der Waals surface area contributed by atoms with Crippen molar-refractivity contribution in [3.63, 3.8) is 0 Å². The highest BCUT2D eigenvalue weighted by Crippen LogP contribution is 2.14. The van der Waals surface area contributed by atoms with Crippen LogP contribution in [0.3, 0.4) is 0 Å². The molecule has 5 nitrogen and oxygen atoms in total. The molecular formula is C10H17NO4. The second-order valence-electron chi connectivity index (χ2n) is 4.61. The van der Waals surface area contributed by atoms with Gasteiger partial charge in [0.15, 0.2) is 0 Å². The van der Waals surface area contributed by atoms with Crippen molar-refractivity contribution < 1.29 is 19.1 Å². The molecule has 1 heterocycles. The second kappa shape index (κ2) is 4.18. The molecule has 0 N–H and O–H groups in total. The Morgan fingerprint density at radius 1 is 1.53 bits per heavy atom. The number of carbonyl (C=O) groups is 2. The minimum atomic E-state index is -0.594. The summed E-state index contributed by atoms with van der Waals surface area (Å²) in [7, 11) is 0. The van der Waals surface area contributed by atoms with E-state index in [4.69, 9.17) is 9.47 Å². The van der Waals surface area contributed by atoms with Gasteiger partial charge in [-0.15, -0.1) is 0 Å². The SMILES string of the molecule is C[C@@H]1COCC(=O)N1C(=O)OC(C)(C)C. The molecule has 0 aliphatic carbocycles. The number of morpholine rings is 1. The lowest BCUT2D eigenvalue weighted by molar-refractivity contribution is -0.145. The zero-order valence-corrected chi connectivity index (χ0v) is 9.57. The van der Waals surface area contributed by atoms with Gasteiger partial charge in [-0.25, -0.2) is 9.69 Å². The number of ether oxygens (including phenoxy) is 2. The summed E-state index contributed by atoms with van der Waals surface area (Å²) in [5.41, 5.74) is -0.588. The van der Waals surface area contributed by atoms with E-state index in [1.807, 2.05) is 0 Å². The molecule has 0 radical (unpaired) electrons. The summed E-state index contributed by atoms with van der Waals surface area (Å²) in [6.45, 7) is 7.36. The Bertz CT molecular complexity index is 269. The molecular weight excluding hydrogens is 198 g/mol. The fourth-order valence-corrected chi connectivity index (χ4v) is 1.30. The molecule has 0 bridgehead atoms. The van der Waals surface area contributed by atoms with Crippen molar-refractivity contribution in [2.45, 2.75) is 39.3 Å². The van der Waals surface area contributed by atoms with Crippen molar-refractivity contribution in [3.8, 4) is 0 Å². The summed E-state index contributed by atoms with van der Waals surface area (Å²) < 4.78 is 10.1. The van der Waals surface area contributed by atoms with Crippen LogP contribution in [-0.4, -0.2) is 41.8 Å². The van der Waals surface area contributed by atoms with Gasteiger partial charge in [-0.1, -0.05) is 0 Å². The van der Waals surface area contributed by atoms with E-state index >= 15 is 0 Å². The number of imide groups is 1. The van der Waals surface area contributed by atoms with Crippen molar-refractivity contribution in [2.75, 3.05) is 13.2 Å². The van der Waals surface area contributed by atoms with E-state index < -0.39 is 11.7 Å². The summed E-state index contributed by atoms with van der Waals surface area (Å²) in [5, 5.41) is 0. The Labute approximate surface area is 89.3 Å². The van der Waals surface area contributed by atoms with Crippen molar-refractivity contribution in [1.29, 1.82) is 0 Å². The highest BCUT2D eigenvalue weighted by Gasteiger charge is 2.34. The topological polar surface area (TPSA) is 55.8 Å². The molecule has 0 aromatic rings. The van der Waals surface area contributed by atoms with Gasteiger partial charge in [-0.05, 0) is 27.7 Å². The average Bonchev–Trinajstić information content (AvgIpc) is 1.99. The summed E-state index contributed by atoms with van der Waals surface area (Å²) in [6, 6.07) is -0.263. The number of hydrogen-bond acceptors (Lipinski definition) is 4. The summed E-state index contributed by atoms with van der Waals surface area (Å²) in [4.78, 5) is 24.2. The first-order chi connectivity index (χ1) is 6.81. The van der Waals surface area contributed by atoms with Crippen LogP contribution in [0.2, 0.25) is 0 Å². The first-order valence-corrected chi connectivity index (χ1v) is 4.94. The van der Waals surface area contributed by atoms with Gasteiger partial charge in [-0.3, -0.25) is 4.79 Å². The molecule has 86 valence electrons. The molecule has 1 fully saturated rings. The third-order valence-electron chi connectivity index (χ3n) is 1.88. The molecule has 0 saturated carbocycles. The smallest absolute Gasteiger partial charge is 0.417 e. The largest absolute Gasteiger partial charge is 0.443 e. The zero-order valence-electron chi connectivity index (χ0n) is 9.57. The lowest BCUT2D eigenvalue weighted by Crippen LogP contribution is -2.52. The molecule has 2 amide bonds. The standard InChI is InChI=1S/C10H17NO4/c1-7-5-14-6-8(12)11(7)9(13)15-10(2,3)4/h7H,5-6H2,1-4H3/t7-/m1/s1. The van der Waals surface area contributed by atoms with E-state index in [-0.39, 0.29) is 18.6 Å². The number of hydrogen-bond donors (Lipinski definition) is 0. The summed E-state index contributed by atoms with van der Waals surface area (Å²) in [6.07, 6.45) is -0.594. The molecule has 15 heavy (non-hydrogen) atoms. The van der Waals surface area contributed by atoms with Crippen LogP contribution < -0.4 is 0 Å². The van der Waals surface area contributed by atoms with Crippen LogP contribution in [0.5, 0.6) is 0 Å². The molecule has 0 spiro atoms. The second-order valence-corrected chi connectivity index (χ2v) is 4.61. The molecule has 1 aliphatic heterocycles. The van der Waals surface area contributed by atoms with Crippen molar-refractivity contribution in [3.05, 3.63) is 0 Å². The van der Waals surface area contributed by atoms with Gasteiger partial charge in [0.1, 0.15) is 12.2 Å². The number of rotatable bonds is 0. The Kier molecular flexibility index (Phi) is 3.34. The lowest BCUT2D eigenvalue weighted by Gasteiger charge is -2.32. The minimum Gasteiger partial charge on any atom is -0.443 e. The summed E-state index contributed by atoms with van der Waals surface area (Å²) in [5.74, 6) is -0.344. The molecule has 0 unspecified atom stereocenters.